The summed E-state index contributed by atoms with van der Waals surface area (Å²) in [4.78, 5) is 28.2. The summed E-state index contributed by atoms with van der Waals surface area (Å²) in [5, 5.41) is 13.6. The molecule has 2 aliphatic rings. The van der Waals surface area contributed by atoms with Crippen molar-refractivity contribution in [2.45, 2.75) is 18.2 Å². The lowest BCUT2D eigenvalue weighted by molar-refractivity contribution is -0.123. The first-order valence-corrected chi connectivity index (χ1v) is 12.0. The summed E-state index contributed by atoms with van der Waals surface area (Å²) in [5.74, 6) is -1.32. The number of nitrogens with one attached hydrogen (secondary N) is 1. The fraction of sp³-hybridized carbons (Fsp3) is 0.154. The lowest BCUT2D eigenvalue weighted by Gasteiger charge is -2.40. The highest BCUT2D eigenvalue weighted by Crippen LogP contribution is 2.38. The number of nitrogens with zero attached hydrogens (tertiary/aromatic N) is 2. The number of carbonyl (C=O) groups excluding carboxylic acids is 2. The predicted octanol–water partition coefficient (Wildman–Crippen LogP) is 4.96. The number of hydrazine groups is 1. The molecule has 172 valence electrons. The molecule has 8 heteroatoms. The second-order valence-electron chi connectivity index (χ2n) is 8.22. The molecule has 0 saturated carbocycles. The third-order valence-electron chi connectivity index (χ3n) is 6.11. The first kappa shape index (κ1) is 22.8. The standard InChI is InChI=1S/C26H21BrClN3O3/c27-17-8-6-16(7-9-17)24(32)22-15-14-21-23(31(22)29-19-12-10-18(28)11-13-19)26(34)30(25(21)33)20-4-2-1-3-5-20/h1-15,21-24,29,32H/t21-,22-,23+,24-/m1/s1. The number of carbonyl (C=O) groups is 2. The number of aliphatic hydroxyl groups is 1. The Bertz CT molecular complexity index is 1230. The normalized spacial score (nSPS) is 23.1. The maximum atomic E-state index is 13.6. The van der Waals surface area contributed by atoms with Crippen LogP contribution >= 0.6 is 27.5 Å². The molecule has 1 saturated heterocycles. The number of halogens is 2. The van der Waals surface area contributed by atoms with Crippen LogP contribution in [0.4, 0.5) is 11.4 Å². The molecule has 0 bridgehead atoms. The summed E-state index contributed by atoms with van der Waals surface area (Å²) >= 11 is 9.46. The molecule has 1 fully saturated rings. The number of amides is 2. The first-order chi connectivity index (χ1) is 16.4. The zero-order chi connectivity index (χ0) is 23.8. The van der Waals surface area contributed by atoms with E-state index in [1.165, 1.54) is 4.90 Å². The van der Waals surface area contributed by atoms with Gasteiger partial charge in [-0.15, -0.1) is 0 Å². The van der Waals surface area contributed by atoms with Gasteiger partial charge in [0.2, 0.25) is 5.91 Å². The number of imide groups is 1. The fourth-order valence-electron chi connectivity index (χ4n) is 4.43. The minimum atomic E-state index is -0.946. The monoisotopic (exact) mass is 537 g/mol. The zero-order valence-corrected chi connectivity index (χ0v) is 20.2. The van der Waals surface area contributed by atoms with E-state index in [-0.39, 0.29) is 11.8 Å². The van der Waals surface area contributed by atoms with Crippen LogP contribution in [0.1, 0.15) is 11.7 Å². The SMILES string of the molecule is O=C1[C@@H]2[C@@H](C=C[C@H]([C@H](O)c3ccc(Br)cc3)N2Nc2ccc(Cl)cc2)C(=O)N1c1ccccc1. The summed E-state index contributed by atoms with van der Waals surface area (Å²) in [5.41, 5.74) is 5.17. The number of aliphatic hydroxyl groups excluding tert-OH is 1. The summed E-state index contributed by atoms with van der Waals surface area (Å²) in [6, 6.07) is 21.9. The predicted molar refractivity (Wildman–Crippen MR) is 135 cm³/mol. The number of benzene rings is 3. The van der Waals surface area contributed by atoms with Gasteiger partial charge in [-0.3, -0.25) is 9.59 Å². The van der Waals surface area contributed by atoms with Gasteiger partial charge in [0.05, 0.1) is 23.8 Å². The summed E-state index contributed by atoms with van der Waals surface area (Å²) in [6.07, 6.45) is 2.58. The van der Waals surface area contributed by atoms with Gasteiger partial charge in [0.25, 0.3) is 5.91 Å². The van der Waals surface area contributed by atoms with Crippen LogP contribution in [-0.4, -0.2) is 34.0 Å². The van der Waals surface area contributed by atoms with Gasteiger partial charge in [0, 0.05) is 15.2 Å². The average molecular weight is 539 g/mol. The molecule has 2 aliphatic heterocycles. The second-order valence-corrected chi connectivity index (χ2v) is 9.57. The minimum absolute atomic E-state index is 0.295. The Labute approximate surface area is 210 Å². The van der Waals surface area contributed by atoms with Gasteiger partial charge in [-0.2, -0.15) is 0 Å². The van der Waals surface area contributed by atoms with Crippen molar-refractivity contribution in [3.8, 4) is 0 Å². The third-order valence-corrected chi connectivity index (χ3v) is 6.89. The summed E-state index contributed by atoms with van der Waals surface area (Å²) < 4.78 is 0.897. The van der Waals surface area contributed by atoms with Crippen molar-refractivity contribution in [3.63, 3.8) is 0 Å². The number of hydrogen-bond acceptors (Lipinski definition) is 5. The van der Waals surface area contributed by atoms with Crippen molar-refractivity contribution < 1.29 is 14.7 Å². The minimum Gasteiger partial charge on any atom is -0.386 e. The van der Waals surface area contributed by atoms with Crippen molar-refractivity contribution in [2.24, 2.45) is 5.92 Å². The zero-order valence-electron chi connectivity index (χ0n) is 17.9. The van der Waals surface area contributed by atoms with Gasteiger partial charge in [0.15, 0.2) is 0 Å². The van der Waals surface area contributed by atoms with E-state index in [2.05, 4.69) is 21.4 Å². The van der Waals surface area contributed by atoms with Crippen molar-refractivity contribution in [1.82, 2.24) is 5.01 Å². The molecule has 2 amide bonds. The molecular formula is C26H21BrClN3O3. The van der Waals surface area contributed by atoms with Gasteiger partial charge in [-0.25, -0.2) is 9.91 Å². The molecule has 6 nitrogen and oxygen atoms in total. The van der Waals surface area contributed by atoms with E-state index in [0.29, 0.717) is 22.0 Å². The summed E-state index contributed by atoms with van der Waals surface area (Å²) in [7, 11) is 0. The maximum Gasteiger partial charge on any atom is 0.254 e. The maximum absolute atomic E-state index is 13.6. The molecular weight excluding hydrogens is 518 g/mol. The number of rotatable bonds is 5. The molecule has 2 heterocycles. The van der Waals surface area contributed by atoms with E-state index in [4.69, 9.17) is 11.6 Å². The van der Waals surface area contributed by atoms with E-state index in [1.54, 1.807) is 65.7 Å². The van der Waals surface area contributed by atoms with Crippen LogP contribution in [0.5, 0.6) is 0 Å². The second kappa shape index (κ2) is 9.35. The highest BCUT2D eigenvalue weighted by atomic mass is 79.9. The molecule has 34 heavy (non-hydrogen) atoms. The molecule has 2 N–H and O–H groups in total. The van der Waals surface area contributed by atoms with Crippen LogP contribution in [0.2, 0.25) is 5.02 Å². The summed E-state index contributed by atoms with van der Waals surface area (Å²) in [6.45, 7) is 0. The molecule has 3 aromatic rings. The van der Waals surface area contributed by atoms with Gasteiger partial charge < -0.3 is 10.5 Å². The van der Waals surface area contributed by atoms with Gasteiger partial charge in [-0.1, -0.05) is 70.0 Å². The first-order valence-electron chi connectivity index (χ1n) is 10.8. The highest BCUT2D eigenvalue weighted by molar-refractivity contribution is 9.10. The molecule has 5 rings (SSSR count). The smallest absolute Gasteiger partial charge is 0.254 e. The topological polar surface area (TPSA) is 72.9 Å². The Balaban J connectivity index is 1.54. The van der Waals surface area contributed by atoms with E-state index in [1.807, 2.05) is 30.3 Å². The Morgan fingerprint density at radius 3 is 2.24 bits per heavy atom. The average Bonchev–Trinajstić information content (AvgIpc) is 3.11. The largest absolute Gasteiger partial charge is 0.386 e. The van der Waals surface area contributed by atoms with E-state index in [9.17, 15) is 14.7 Å². The van der Waals surface area contributed by atoms with Crippen molar-refractivity contribution in [3.05, 3.63) is 106 Å². The fourth-order valence-corrected chi connectivity index (χ4v) is 4.82. The lowest BCUT2D eigenvalue weighted by atomic mass is 9.90. The highest BCUT2D eigenvalue weighted by Gasteiger charge is 2.54. The number of fused-ring (bicyclic) bond motifs is 1. The quantitative estimate of drug-likeness (QED) is 0.355. The van der Waals surface area contributed by atoms with Crippen LogP contribution in [-0.2, 0) is 9.59 Å². The molecule has 0 aliphatic carbocycles. The van der Waals surface area contributed by atoms with Crippen molar-refractivity contribution in [2.75, 3.05) is 10.3 Å². The Morgan fingerprint density at radius 1 is 0.882 bits per heavy atom. The van der Waals surface area contributed by atoms with Gasteiger partial charge >= 0.3 is 0 Å². The Hall–Kier alpha value is -2.97. The van der Waals surface area contributed by atoms with Crippen molar-refractivity contribution >= 4 is 50.7 Å². The van der Waals surface area contributed by atoms with Crippen LogP contribution in [0.15, 0.2) is 95.5 Å². The Morgan fingerprint density at radius 2 is 1.56 bits per heavy atom. The Kier molecular flexibility index (Phi) is 6.27. The molecule has 4 atom stereocenters. The number of para-hydroxylation sites is 1. The van der Waals surface area contributed by atoms with Crippen LogP contribution in [0, 0.1) is 5.92 Å². The lowest BCUT2D eigenvalue weighted by Crippen LogP contribution is -2.55. The molecule has 0 unspecified atom stereocenters. The van der Waals surface area contributed by atoms with Gasteiger partial charge in [-0.05, 0) is 54.1 Å². The molecule has 0 aromatic heterocycles. The van der Waals surface area contributed by atoms with E-state index < -0.39 is 24.1 Å². The van der Waals surface area contributed by atoms with Crippen LogP contribution < -0.4 is 10.3 Å². The van der Waals surface area contributed by atoms with E-state index >= 15 is 0 Å². The van der Waals surface area contributed by atoms with Gasteiger partial charge in [0.1, 0.15) is 6.04 Å². The molecule has 3 aromatic carbocycles. The third kappa shape index (κ3) is 4.16. The molecule has 0 radical (unpaired) electrons. The number of anilines is 2. The number of hydrogen-bond donors (Lipinski definition) is 2. The van der Waals surface area contributed by atoms with Crippen LogP contribution in [0.25, 0.3) is 0 Å². The van der Waals surface area contributed by atoms with Crippen LogP contribution in [0.3, 0.4) is 0 Å². The van der Waals surface area contributed by atoms with E-state index in [0.717, 1.165) is 4.47 Å². The van der Waals surface area contributed by atoms with Crippen molar-refractivity contribution in [1.29, 1.82) is 0 Å². The molecule has 0 spiro atoms.